The Bertz CT molecular complexity index is 1220. The van der Waals surface area contributed by atoms with Crippen molar-refractivity contribution in [2.75, 3.05) is 22.2 Å². The summed E-state index contributed by atoms with van der Waals surface area (Å²) in [7, 11) is 0. The van der Waals surface area contributed by atoms with Crippen molar-refractivity contribution in [2.24, 2.45) is 11.8 Å². The van der Waals surface area contributed by atoms with Gasteiger partial charge in [-0.3, -0.25) is 29.8 Å². The predicted octanol–water partition coefficient (Wildman–Crippen LogP) is 2.58. The first-order valence-electron chi connectivity index (χ1n) is 10.6. The van der Waals surface area contributed by atoms with Crippen LogP contribution in [-0.4, -0.2) is 40.7 Å². The molecular weight excluding hydrogens is 444 g/mol. The lowest BCUT2D eigenvalue weighted by Crippen LogP contribution is -2.53. The molecule has 10 heteroatoms. The number of carbonyl (C=O) groups excluding carboxylic acids is 3. The first kappa shape index (κ1) is 21.6. The van der Waals surface area contributed by atoms with Gasteiger partial charge in [0.2, 0.25) is 17.7 Å². The van der Waals surface area contributed by atoms with Gasteiger partial charge in [-0.05, 0) is 37.5 Å². The van der Waals surface area contributed by atoms with Crippen molar-refractivity contribution in [3.05, 3.63) is 63.7 Å². The van der Waals surface area contributed by atoms with Crippen LogP contribution < -0.4 is 15.5 Å². The van der Waals surface area contributed by atoms with E-state index in [1.807, 2.05) is 6.26 Å². The summed E-state index contributed by atoms with van der Waals surface area (Å²) in [4.78, 5) is 52.9. The standard InChI is InChI=1S/C23H22N4O5S/c1-12-16(8-5-9-17(12)27(31)32)26-20(28)18-15(10-11-33-2)25-23(19(18)21(26)29)13-6-3-4-7-14(13)24-22(23)30/h3-9,15,18-19,25H,10-11H2,1-2H3,(H,24,30)/t15-,18-,19-,23+/m0/s1. The van der Waals surface area contributed by atoms with Gasteiger partial charge < -0.3 is 5.32 Å². The summed E-state index contributed by atoms with van der Waals surface area (Å²) in [5, 5.41) is 17.7. The normalized spacial score (nSPS) is 27.8. The average molecular weight is 467 g/mol. The monoisotopic (exact) mass is 466 g/mol. The number of nitro benzene ring substituents is 1. The van der Waals surface area contributed by atoms with Crippen LogP contribution in [0.15, 0.2) is 42.5 Å². The fraction of sp³-hybridized carbons (Fsp3) is 0.348. The van der Waals surface area contributed by atoms with Gasteiger partial charge in [0.05, 0.1) is 28.0 Å². The van der Waals surface area contributed by atoms with E-state index in [2.05, 4.69) is 10.6 Å². The first-order valence-corrected chi connectivity index (χ1v) is 12.0. The average Bonchev–Trinajstić information content (AvgIpc) is 3.37. The second-order valence-corrected chi connectivity index (χ2v) is 9.52. The molecule has 9 nitrogen and oxygen atoms in total. The zero-order chi connectivity index (χ0) is 23.5. The highest BCUT2D eigenvalue weighted by molar-refractivity contribution is 7.98. The van der Waals surface area contributed by atoms with Gasteiger partial charge in [-0.15, -0.1) is 0 Å². The molecule has 0 saturated carbocycles. The molecule has 2 fully saturated rings. The lowest BCUT2D eigenvalue weighted by molar-refractivity contribution is -0.385. The highest BCUT2D eigenvalue weighted by Gasteiger charge is 2.70. The van der Waals surface area contributed by atoms with Crippen molar-refractivity contribution in [3.8, 4) is 0 Å². The second-order valence-electron chi connectivity index (χ2n) is 8.53. The number of benzene rings is 2. The molecule has 2 aromatic carbocycles. The van der Waals surface area contributed by atoms with Crippen molar-refractivity contribution in [3.63, 3.8) is 0 Å². The van der Waals surface area contributed by atoms with Crippen LogP contribution in [-0.2, 0) is 19.9 Å². The van der Waals surface area contributed by atoms with Gasteiger partial charge in [-0.25, -0.2) is 4.90 Å². The quantitative estimate of drug-likeness (QED) is 0.395. The number of rotatable bonds is 5. The summed E-state index contributed by atoms with van der Waals surface area (Å²) >= 11 is 1.62. The first-order chi connectivity index (χ1) is 15.8. The molecule has 0 aliphatic carbocycles. The number of hydrogen-bond acceptors (Lipinski definition) is 7. The molecule has 3 heterocycles. The summed E-state index contributed by atoms with van der Waals surface area (Å²) in [6, 6.07) is 11.1. The summed E-state index contributed by atoms with van der Waals surface area (Å²) < 4.78 is 0. The van der Waals surface area contributed by atoms with E-state index in [1.54, 1.807) is 42.1 Å². The molecule has 2 saturated heterocycles. The fourth-order valence-corrected chi connectivity index (χ4v) is 6.03. The van der Waals surface area contributed by atoms with Crippen LogP contribution in [0.2, 0.25) is 0 Å². The maximum Gasteiger partial charge on any atom is 0.274 e. The zero-order valence-corrected chi connectivity index (χ0v) is 18.8. The van der Waals surface area contributed by atoms with E-state index < -0.39 is 34.1 Å². The Morgan fingerprint density at radius 3 is 2.61 bits per heavy atom. The van der Waals surface area contributed by atoms with Gasteiger partial charge in [-0.2, -0.15) is 11.8 Å². The zero-order valence-electron chi connectivity index (χ0n) is 18.0. The van der Waals surface area contributed by atoms with E-state index in [0.717, 1.165) is 10.7 Å². The number of nitro groups is 1. The summed E-state index contributed by atoms with van der Waals surface area (Å²) in [5.41, 5.74) is 0.170. The van der Waals surface area contributed by atoms with Crippen LogP contribution in [0, 0.1) is 28.9 Å². The summed E-state index contributed by atoms with van der Waals surface area (Å²) in [6.45, 7) is 1.53. The maximum absolute atomic E-state index is 13.9. The van der Waals surface area contributed by atoms with E-state index in [9.17, 15) is 24.5 Å². The molecule has 3 amide bonds. The third-order valence-corrected chi connectivity index (χ3v) is 7.61. The Hall–Kier alpha value is -3.24. The maximum atomic E-state index is 13.9. The van der Waals surface area contributed by atoms with Gasteiger partial charge in [0.1, 0.15) is 5.54 Å². The number of imide groups is 1. The summed E-state index contributed by atoms with van der Waals surface area (Å²) in [5.74, 6) is -2.25. The molecule has 0 aromatic heterocycles. The smallest absolute Gasteiger partial charge is 0.274 e. The molecule has 0 bridgehead atoms. The Balaban J connectivity index is 1.66. The SMILES string of the molecule is CSCC[C@@H]1N[C@@]2(C(=O)Nc3ccccc32)[C@@H]2C(=O)N(c3cccc([N+](=O)[O-])c3C)C(=O)[C@@H]12. The van der Waals surface area contributed by atoms with Crippen molar-refractivity contribution in [1.29, 1.82) is 0 Å². The third-order valence-electron chi connectivity index (χ3n) is 6.97. The highest BCUT2D eigenvalue weighted by atomic mass is 32.2. The van der Waals surface area contributed by atoms with Gasteiger partial charge in [-0.1, -0.05) is 24.3 Å². The minimum absolute atomic E-state index is 0.166. The Morgan fingerprint density at radius 1 is 1.12 bits per heavy atom. The van der Waals surface area contributed by atoms with Crippen molar-refractivity contribution >= 4 is 46.5 Å². The molecule has 3 aliphatic heterocycles. The minimum Gasteiger partial charge on any atom is -0.324 e. The van der Waals surface area contributed by atoms with Crippen molar-refractivity contribution in [2.45, 2.75) is 24.9 Å². The number of fused-ring (bicyclic) bond motifs is 4. The Morgan fingerprint density at radius 2 is 1.88 bits per heavy atom. The van der Waals surface area contributed by atoms with E-state index >= 15 is 0 Å². The number of para-hydroxylation sites is 1. The number of thioether (sulfide) groups is 1. The molecule has 5 rings (SSSR count). The topological polar surface area (TPSA) is 122 Å². The van der Waals surface area contributed by atoms with Crippen LogP contribution in [0.1, 0.15) is 17.5 Å². The molecular formula is C23H22N4O5S. The molecule has 4 atom stereocenters. The van der Waals surface area contributed by atoms with Crippen LogP contribution in [0.4, 0.5) is 17.1 Å². The minimum atomic E-state index is -1.36. The fourth-order valence-electron chi connectivity index (χ4n) is 5.54. The number of nitrogens with one attached hydrogen (secondary N) is 2. The summed E-state index contributed by atoms with van der Waals surface area (Å²) in [6.07, 6.45) is 2.56. The van der Waals surface area contributed by atoms with Gasteiger partial charge in [0.25, 0.3) is 5.69 Å². The third kappa shape index (κ3) is 2.87. The van der Waals surface area contributed by atoms with Gasteiger partial charge in [0.15, 0.2) is 0 Å². The van der Waals surface area contributed by atoms with Gasteiger partial charge in [0, 0.05) is 23.4 Å². The number of hydrogen-bond donors (Lipinski definition) is 2. The number of anilines is 2. The van der Waals surface area contributed by atoms with Crippen LogP contribution in [0.25, 0.3) is 0 Å². The Kier molecular flexibility index (Phi) is 5.02. The van der Waals surface area contributed by atoms with Crippen LogP contribution in [0.5, 0.6) is 0 Å². The number of carbonyl (C=O) groups is 3. The molecule has 0 radical (unpaired) electrons. The largest absolute Gasteiger partial charge is 0.324 e. The number of nitrogens with zero attached hydrogens (tertiary/aromatic N) is 2. The van der Waals surface area contributed by atoms with Crippen molar-refractivity contribution < 1.29 is 19.3 Å². The molecule has 170 valence electrons. The van der Waals surface area contributed by atoms with Crippen molar-refractivity contribution in [1.82, 2.24) is 5.32 Å². The molecule has 33 heavy (non-hydrogen) atoms. The van der Waals surface area contributed by atoms with E-state index in [0.29, 0.717) is 17.7 Å². The van der Waals surface area contributed by atoms with E-state index in [4.69, 9.17) is 0 Å². The molecule has 2 N–H and O–H groups in total. The lowest BCUT2D eigenvalue weighted by Gasteiger charge is -2.29. The molecule has 0 unspecified atom stereocenters. The highest BCUT2D eigenvalue weighted by Crippen LogP contribution is 2.54. The number of amides is 3. The predicted molar refractivity (Wildman–Crippen MR) is 124 cm³/mol. The van der Waals surface area contributed by atoms with Crippen LogP contribution in [0.3, 0.4) is 0 Å². The molecule has 2 aromatic rings. The molecule has 1 spiro atoms. The second kappa shape index (κ2) is 7.67. The molecule has 3 aliphatic rings. The Labute approximate surface area is 194 Å². The van der Waals surface area contributed by atoms with Gasteiger partial charge >= 0.3 is 0 Å². The van der Waals surface area contributed by atoms with Crippen LogP contribution >= 0.6 is 11.8 Å². The lowest BCUT2D eigenvalue weighted by atomic mass is 9.76. The van der Waals surface area contributed by atoms with E-state index in [1.165, 1.54) is 19.1 Å². The van der Waals surface area contributed by atoms with E-state index in [-0.39, 0.29) is 28.9 Å².